The van der Waals surface area contributed by atoms with Crippen molar-refractivity contribution >= 4 is 5.91 Å². The van der Waals surface area contributed by atoms with Gasteiger partial charge >= 0.3 is 0 Å². The van der Waals surface area contributed by atoms with Crippen molar-refractivity contribution in [3.05, 3.63) is 11.6 Å². The van der Waals surface area contributed by atoms with Gasteiger partial charge in [0.1, 0.15) is 11.6 Å². The van der Waals surface area contributed by atoms with Crippen molar-refractivity contribution in [1.29, 1.82) is 0 Å². The van der Waals surface area contributed by atoms with Crippen molar-refractivity contribution < 1.29 is 14.6 Å². The second kappa shape index (κ2) is 8.04. The molecule has 0 aliphatic carbocycles. The van der Waals surface area contributed by atoms with E-state index >= 15 is 0 Å². The molecule has 2 saturated heterocycles. The lowest BCUT2D eigenvalue weighted by molar-refractivity contribution is -0.133. The first-order valence-electron chi connectivity index (χ1n) is 8.76. The number of ether oxygens (including phenoxy) is 1. The van der Waals surface area contributed by atoms with Gasteiger partial charge in [0.25, 0.3) is 0 Å². The quantitative estimate of drug-likeness (QED) is 0.797. The highest BCUT2D eigenvalue weighted by Crippen LogP contribution is 2.26. The average Bonchev–Trinajstić information content (AvgIpc) is 2.97. The van der Waals surface area contributed by atoms with Crippen molar-refractivity contribution in [3.63, 3.8) is 0 Å². The van der Waals surface area contributed by atoms with Gasteiger partial charge in [0.05, 0.1) is 26.4 Å². The van der Waals surface area contributed by atoms with Crippen LogP contribution in [0.4, 0.5) is 0 Å². The lowest BCUT2D eigenvalue weighted by atomic mass is 9.97. The number of hydrogen-bond acceptors (Lipinski definition) is 6. The van der Waals surface area contributed by atoms with Crippen molar-refractivity contribution in [2.24, 2.45) is 7.05 Å². The minimum absolute atomic E-state index is 0.0258. The summed E-state index contributed by atoms with van der Waals surface area (Å²) in [7, 11) is 2.01. The number of nitrogens with zero attached hydrogens (tertiary/aromatic N) is 5. The Bertz CT molecular complexity index is 556. The van der Waals surface area contributed by atoms with Crippen LogP contribution in [0.3, 0.4) is 0 Å². The topological polar surface area (TPSA) is 83.7 Å². The molecular weight excluding hydrogens is 310 g/mol. The van der Waals surface area contributed by atoms with E-state index in [9.17, 15) is 4.79 Å². The van der Waals surface area contributed by atoms with Crippen LogP contribution in [-0.2, 0) is 23.1 Å². The number of carbonyl (C=O) groups excluding carboxylic acids is 1. The molecule has 0 bridgehead atoms. The molecule has 0 spiro atoms. The molecule has 8 nitrogen and oxygen atoms in total. The zero-order valence-corrected chi connectivity index (χ0v) is 14.4. The van der Waals surface area contributed by atoms with Crippen molar-refractivity contribution in [2.45, 2.75) is 31.7 Å². The van der Waals surface area contributed by atoms with Gasteiger partial charge in [0, 0.05) is 45.6 Å². The number of piperidine rings is 1. The highest BCUT2D eigenvalue weighted by Gasteiger charge is 2.28. The van der Waals surface area contributed by atoms with Crippen molar-refractivity contribution in [3.8, 4) is 0 Å². The molecular formula is C16H27N5O3. The molecule has 2 aliphatic rings. The van der Waals surface area contributed by atoms with Crippen LogP contribution in [-0.4, -0.2) is 81.6 Å². The maximum Gasteiger partial charge on any atom is 0.224 e. The lowest BCUT2D eigenvalue weighted by Crippen LogP contribution is -2.40. The van der Waals surface area contributed by atoms with Crippen LogP contribution < -0.4 is 0 Å². The maximum atomic E-state index is 12.0. The molecule has 1 atom stereocenters. The third-order valence-electron chi connectivity index (χ3n) is 4.93. The number of carbonyl (C=O) groups is 1. The first-order valence-corrected chi connectivity index (χ1v) is 8.76. The minimum Gasteiger partial charge on any atom is -0.396 e. The van der Waals surface area contributed by atoms with E-state index in [0.29, 0.717) is 6.54 Å². The first-order chi connectivity index (χ1) is 11.7. The largest absolute Gasteiger partial charge is 0.396 e. The fourth-order valence-corrected chi connectivity index (χ4v) is 3.50. The molecule has 2 fully saturated rings. The third kappa shape index (κ3) is 3.93. The number of morpholine rings is 1. The highest BCUT2D eigenvalue weighted by atomic mass is 16.5. The van der Waals surface area contributed by atoms with E-state index in [1.807, 2.05) is 11.9 Å². The number of aliphatic hydroxyl groups is 1. The van der Waals surface area contributed by atoms with Gasteiger partial charge in [0.15, 0.2) is 0 Å². The Morgan fingerprint density at radius 2 is 2.08 bits per heavy atom. The summed E-state index contributed by atoms with van der Waals surface area (Å²) in [6.07, 6.45) is 2.19. The van der Waals surface area contributed by atoms with E-state index in [1.165, 1.54) is 0 Å². The fourth-order valence-electron chi connectivity index (χ4n) is 3.50. The molecule has 1 aromatic rings. The van der Waals surface area contributed by atoms with Gasteiger partial charge in [-0.3, -0.25) is 9.69 Å². The number of likely N-dealkylation sites (tertiary alicyclic amines) is 1. The molecule has 134 valence electrons. The predicted octanol–water partition coefficient (Wildman–Crippen LogP) is -0.264. The Morgan fingerprint density at radius 1 is 1.29 bits per heavy atom. The van der Waals surface area contributed by atoms with E-state index in [1.54, 1.807) is 0 Å². The molecule has 2 aliphatic heterocycles. The highest BCUT2D eigenvalue weighted by molar-refractivity contribution is 5.76. The van der Waals surface area contributed by atoms with Gasteiger partial charge < -0.3 is 19.3 Å². The minimum atomic E-state index is -0.0896. The number of rotatable bonds is 5. The van der Waals surface area contributed by atoms with Gasteiger partial charge in [0.2, 0.25) is 5.91 Å². The molecule has 1 N–H and O–H groups in total. The van der Waals surface area contributed by atoms with Crippen LogP contribution in [0.25, 0.3) is 0 Å². The average molecular weight is 337 g/mol. The summed E-state index contributed by atoms with van der Waals surface area (Å²) in [5, 5.41) is 17.8. The normalized spacial score (nSPS) is 22.8. The Morgan fingerprint density at radius 3 is 2.83 bits per heavy atom. The van der Waals surface area contributed by atoms with Gasteiger partial charge in [-0.1, -0.05) is 0 Å². The Hall–Kier alpha value is -1.51. The summed E-state index contributed by atoms with van der Waals surface area (Å²) in [5.74, 6) is 2.17. The van der Waals surface area contributed by atoms with Crippen LogP contribution in [0.5, 0.6) is 0 Å². The zero-order valence-electron chi connectivity index (χ0n) is 14.4. The standard InChI is InChI=1S/C16H27N5O3/c1-19-14(12-20-6-9-24-10-7-20)17-18-16(19)13-3-2-5-21(11-13)15(23)4-8-22/h13,22H,2-12H2,1H3. The van der Waals surface area contributed by atoms with Gasteiger partial charge in [-0.15, -0.1) is 10.2 Å². The summed E-state index contributed by atoms with van der Waals surface area (Å²) in [5.41, 5.74) is 0. The summed E-state index contributed by atoms with van der Waals surface area (Å²) in [4.78, 5) is 16.2. The van der Waals surface area contributed by atoms with E-state index in [4.69, 9.17) is 9.84 Å². The second-order valence-electron chi connectivity index (χ2n) is 6.57. The monoisotopic (exact) mass is 337 g/mol. The third-order valence-corrected chi connectivity index (χ3v) is 4.93. The first kappa shape index (κ1) is 17.3. The SMILES string of the molecule is Cn1c(CN2CCOCC2)nnc1C1CCCN(C(=O)CCO)C1. The molecule has 0 saturated carbocycles. The summed E-state index contributed by atoms with van der Waals surface area (Å²) in [6, 6.07) is 0. The predicted molar refractivity (Wildman–Crippen MR) is 87.4 cm³/mol. The van der Waals surface area contributed by atoms with Gasteiger partial charge in [-0.25, -0.2) is 0 Å². The van der Waals surface area contributed by atoms with Crippen LogP contribution >= 0.6 is 0 Å². The van der Waals surface area contributed by atoms with E-state index in [0.717, 1.165) is 63.9 Å². The molecule has 0 radical (unpaired) electrons. The summed E-state index contributed by atoms with van der Waals surface area (Å²) < 4.78 is 7.47. The molecule has 1 aromatic heterocycles. The maximum absolute atomic E-state index is 12.0. The van der Waals surface area contributed by atoms with Gasteiger partial charge in [-0.05, 0) is 12.8 Å². The zero-order chi connectivity index (χ0) is 16.9. The molecule has 24 heavy (non-hydrogen) atoms. The Labute approximate surface area is 142 Å². The Balaban J connectivity index is 1.64. The van der Waals surface area contributed by atoms with Crippen LogP contribution in [0, 0.1) is 0 Å². The smallest absolute Gasteiger partial charge is 0.224 e. The molecule has 0 aromatic carbocycles. The molecule has 3 heterocycles. The lowest BCUT2D eigenvalue weighted by Gasteiger charge is -2.32. The van der Waals surface area contributed by atoms with Crippen molar-refractivity contribution in [2.75, 3.05) is 46.0 Å². The number of aromatic nitrogens is 3. The van der Waals surface area contributed by atoms with E-state index < -0.39 is 0 Å². The summed E-state index contributed by atoms with van der Waals surface area (Å²) in [6.45, 7) is 5.53. The van der Waals surface area contributed by atoms with E-state index in [2.05, 4.69) is 19.7 Å². The van der Waals surface area contributed by atoms with Crippen molar-refractivity contribution in [1.82, 2.24) is 24.6 Å². The van der Waals surface area contributed by atoms with Gasteiger partial charge in [-0.2, -0.15) is 0 Å². The number of hydrogen-bond donors (Lipinski definition) is 1. The number of amides is 1. The fraction of sp³-hybridized carbons (Fsp3) is 0.812. The molecule has 1 unspecified atom stereocenters. The van der Waals surface area contributed by atoms with Crippen LogP contribution in [0.2, 0.25) is 0 Å². The van der Waals surface area contributed by atoms with E-state index in [-0.39, 0.29) is 24.9 Å². The molecule has 8 heteroatoms. The summed E-state index contributed by atoms with van der Waals surface area (Å²) >= 11 is 0. The molecule has 1 amide bonds. The van der Waals surface area contributed by atoms with Crippen LogP contribution in [0.15, 0.2) is 0 Å². The van der Waals surface area contributed by atoms with Crippen LogP contribution in [0.1, 0.15) is 36.8 Å². The second-order valence-corrected chi connectivity index (χ2v) is 6.57. The number of aliphatic hydroxyl groups excluding tert-OH is 1. The molecule has 3 rings (SSSR count). The Kier molecular flexibility index (Phi) is 5.80.